The molecule has 4 N–H and O–H groups in total. The number of rotatable bonds is 7. The van der Waals surface area contributed by atoms with Crippen LogP contribution in [0.4, 0.5) is 16.2 Å². The molecule has 3 amide bonds. The summed E-state index contributed by atoms with van der Waals surface area (Å²) in [6.07, 6.45) is 0. The minimum atomic E-state index is -4.30. The third-order valence-electron chi connectivity index (χ3n) is 6.43. The summed E-state index contributed by atoms with van der Waals surface area (Å²) >= 11 is 12.7. The van der Waals surface area contributed by atoms with Gasteiger partial charge in [0.15, 0.2) is 5.54 Å². The number of halogens is 2. The van der Waals surface area contributed by atoms with Crippen LogP contribution >= 0.6 is 23.2 Å². The zero-order valence-electron chi connectivity index (χ0n) is 20.8. The van der Waals surface area contributed by atoms with Crippen LogP contribution in [0.2, 0.25) is 10.0 Å². The van der Waals surface area contributed by atoms with Gasteiger partial charge in [-0.3, -0.25) is 4.79 Å². The second kappa shape index (κ2) is 10.5. The molecule has 0 fully saturated rings. The highest BCUT2D eigenvalue weighted by atomic mass is 35.5. The number of sulfone groups is 1. The number of fused-ring (bicyclic) bond motifs is 1. The Morgan fingerprint density at radius 1 is 1.05 bits per heavy atom. The van der Waals surface area contributed by atoms with Crippen LogP contribution in [0.1, 0.15) is 25.0 Å². The molecule has 38 heavy (non-hydrogen) atoms. The summed E-state index contributed by atoms with van der Waals surface area (Å²) < 4.78 is 33.2. The van der Waals surface area contributed by atoms with Gasteiger partial charge < -0.3 is 26.0 Å². The number of benzene rings is 3. The van der Waals surface area contributed by atoms with Crippen molar-refractivity contribution in [2.45, 2.75) is 29.2 Å². The lowest BCUT2D eigenvalue weighted by atomic mass is 9.85. The van der Waals surface area contributed by atoms with E-state index >= 15 is 0 Å². The Kier molecular flexibility index (Phi) is 7.62. The lowest BCUT2D eigenvalue weighted by Gasteiger charge is -2.24. The normalized spacial score (nSPS) is 16.5. The number of carbonyl (C=O) groups excluding carboxylic acids is 2. The fraction of sp³-hybridized carbons (Fsp3) is 0.231. The maximum atomic E-state index is 13.9. The number of nitrogens with two attached hydrogens (primary N) is 1. The van der Waals surface area contributed by atoms with Crippen LogP contribution in [0, 0.1) is 0 Å². The maximum Gasteiger partial charge on any atom is 0.321 e. The molecule has 3 aromatic rings. The fourth-order valence-corrected chi connectivity index (χ4v) is 6.59. The van der Waals surface area contributed by atoms with Crippen molar-refractivity contribution in [2.24, 2.45) is 5.73 Å². The lowest BCUT2D eigenvalue weighted by Crippen LogP contribution is -2.44. The highest BCUT2D eigenvalue weighted by molar-refractivity contribution is 7.91. The molecule has 0 bridgehead atoms. The number of carbonyl (C=O) groups is 2. The van der Waals surface area contributed by atoms with E-state index in [4.69, 9.17) is 33.7 Å². The van der Waals surface area contributed by atoms with E-state index in [2.05, 4.69) is 10.6 Å². The lowest BCUT2D eigenvalue weighted by molar-refractivity contribution is -0.119. The van der Waals surface area contributed by atoms with Gasteiger partial charge >= 0.3 is 6.03 Å². The van der Waals surface area contributed by atoms with E-state index in [-0.39, 0.29) is 42.9 Å². The minimum Gasteiger partial charge on any atom is -0.495 e. The van der Waals surface area contributed by atoms with E-state index in [0.717, 1.165) is 0 Å². The predicted octanol–water partition coefficient (Wildman–Crippen LogP) is 4.86. The molecule has 1 aliphatic heterocycles. The fourth-order valence-electron chi connectivity index (χ4n) is 4.42. The van der Waals surface area contributed by atoms with Gasteiger partial charge in [0.25, 0.3) is 5.91 Å². The Balaban J connectivity index is 1.83. The van der Waals surface area contributed by atoms with Crippen LogP contribution in [-0.2, 0) is 20.2 Å². The first kappa shape index (κ1) is 27.7. The topological polar surface area (TPSA) is 131 Å². The molecular formula is C26H26Cl2N4O5S. The first-order chi connectivity index (χ1) is 18.0. The van der Waals surface area contributed by atoms with Gasteiger partial charge in [0.1, 0.15) is 10.6 Å². The number of anilines is 2. The summed E-state index contributed by atoms with van der Waals surface area (Å²) in [5.74, 6) is -0.661. The van der Waals surface area contributed by atoms with E-state index in [9.17, 15) is 18.0 Å². The minimum absolute atomic E-state index is 0.00258. The SMILES string of the molecule is CCN(CC)C(=O)Nc1ccc(S(=O)(=O)c2cc(Cl)cc3c2NC(=O)C3(N)c2ccccc2Cl)c(OC)c1. The second-order valence-corrected chi connectivity index (χ2v) is 11.3. The highest BCUT2D eigenvalue weighted by Crippen LogP contribution is 2.47. The number of nitrogens with one attached hydrogen (secondary N) is 2. The number of amides is 3. The first-order valence-electron chi connectivity index (χ1n) is 11.7. The Morgan fingerprint density at radius 3 is 2.37 bits per heavy atom. The molecular weight excluding hydrogens is 551 g/mol. The van der Waals surface area contributed by atoms with Crippen LogP contribution in [0.3, 0.4) is 0 Å². The van der Waals surface area contributed by atoms with Crippen molar-refractivity contribution >= 4 is 56.4 Å². The van der Waals surface area contributed by atoms with E-state index in [0.29, 0.717) is 24.3 Å². The zero-order valence-corrected chi connectivity index (χ0v) is 23.2. The van der Waals surface area contributed by atoms with Gasteiger partial charge in [-0.25, -0.2) is 13.2 Å². The molecule has 1 atom stereocenters. The second-order valence-electron chi connectivity index (χ2n) is 8.54. The van der Waals surface area contributed by atoms with Crippen LogP contribution < -0.4 is 21.1 Å². The van der Waals surface area contributed by atoms with Crippen molar-refractivity contribution in [3.63, 3.8) is 0 Å². The smallest absolute Gasteiger partial charge is 0.321 e. The quantitative estimate of drug-likeness (QED) is 0.368. The third-order valence-corrected chi connectivity index (χ3v) is 8.80. The van der Waals surface area contributed by atoms with Crippen molar-refractivity contribution in [1.29, 1.82) is 0 Å². The molecule has 200 valence electrons. The standard InChI is InChI=1S/C26H26Cl2N4O5S/c1-4-32(5-2)25(34)30-16-10-11-21(20(14-16)37-3)38(35,36)22-13-15(27)12-18-23(22)31-24(33)26(18,29)17-8-6-7-9-19(17)28/h6-14H,4-5,29H2,1-3H3,(H,30,34)(H,31,33). The van der Waals surface area contributed by atoms with E-state index < -0.39 is 21.3 Å². The van der Waals surface area contributed by atoms with Crippen LogP contribution in [0.25, 0.3) is 0 Å². The van der Waals surface area contributed by atoms with Crippen molar-refractivity contribution in [3.05, 3.63) is 75.8 Å². The van der Waals surface area contributed by atoms with Crippen LogP contribution in [0.5, 0.6) is 5.75 Å². The average molecular weight is 577 g/mol. The number of hydrogen-bond donors (Lipinski definition) is 3. The van der Waals surface area contributed by atoms with Gasteiger partial charge in [-0.15, -0.1) is 0 Å². The molecule has 4 rings (SSSR count). The zero-order chi connectivity index (χ0) is 27.8. The van der Waals surface area contributed by atoms with E-state index in [1.807, 2.05) is 13.8 Å². The molecule has 1 aliphatic rings. The van der Waals surface area contributed by atoms with Gasteiger partial charge in [-0.1, -0.05) is 41.4 Å². The molecule has 0 aliphatic carbocycles. The van der Waals surface area contributed by atoms with Crippen LogP contribution in [0.15, 0.2) is 64.4 Å². The maximum absolute atomic E-state index is 13.9. The number of urea groups is 1. The predicted molar refractivity (Wildman–Crippen MR) is 147 cm³/mol. The molecule has 9 nitrogen and oxygen atoms in total. The Bertz CT molecular complexity index is 1540. The highest BCUT2D eigenvalue weighted by Gasteiger charge is 2.48. The molecule has 12 heteroatoms. The van der Waals surface area contributed by atoms with Crippen molar-refractivity contribution < 1.29 is 22.7 Å². The van der Waals surface area contributed by atoms with E-state index in [1.165, 1.54) is 37.4 Å². The average Bonchev–Trinajstić information content (AvgIpc) is 3.14. The van der Waals surface area contributed by atoms with Crippen LogP contribution in [-0.4, -0.2) is 45.5 Å². The largest absolute Gasteiger partial charge is 0.495 e. The molecule has 1 heterocycles. The summed E-state index contributed by atoms with van der Waals surface area (Å²) in [5.41, 5.74) is 5.66. The summed E-state index contributed by atoms with van der Waals surface area (Å²) in [7, 11) is -2.99. The van der Waals surface area contributed by atoms with Gasteiger partial charge in [-0.05, 0) is 44.2 Å². The van der Waals surface area contributed by atoms with E-state index in [1.54, 1.807) is 29.2 Å². The number of methoxy groups -OCH3 is 1. The van der Waals surface area contributed by atoms with Gasteiger partial charge in [-0.2, -0.15) is 0 Å². The van der Waals surface area contributed by atoms with Gasteiger partial charge in [0.05, 0.1) is 17.7 Å². The number of hydrogen-bond acceptors (Lipinski definition) is 6. The molecule has 0 saturated heterocycles. The summed E-state index contributed by atoms with van der Waals surface area (Å²) in [4.78, 5) is 26.8. The van der Waals surface area contributed by atoms with Crippen molar-refractivity contribution in [1.82, 2.24) is 4.90 Å². The monoisotopic (exact) mass is 576 g/mol. The summed E-state index contributed by atoms with van der Waals surface area (Å²) in [6.45, 7) is 4.72. The summed E-state index contributed by atoms with van der Waals surface area (Å²) in [6, 6.07) is 13.1. The molecule has 0 saturated carbocycles. The van der Waals surface area contributed by atoms with Gasteiger partial charge in [0.2, 0.25) is 9.84 Å². The Morgan fingerprint density at radius 2 is 1.74 bits per heavy atom. The molecule has 0 radical (unpaired) electrons. The Hall–Kier alpha value is -3.31. The van der Waals surface area contributed by atoms with Crippen molar-refractivity contribution in [2.75, 3.05) is 30.8 Å². The third kappa shape index (κ3) is 4.58. The molecule has 3 aromatic carbocycles. The molecule has 1 unspecified atom stereocenters. The van der Waals surface area contributed by atoms with Gasteiger partial charge in [0, 0.05) is 46.0 Å². The van der Waals surface area contributed by atoms with Crippen molar-refractivity contribution in [3.8, 4) is 5.75 Å². The number of nitrogens with zero attached hydrogens (tertiary/aromatic N) is 1. The number of ether oxygens (including phenoxy) is 1. The molecule has 0 spiro atoms. The summed E-state index contributed by atoms with van der Waals surface area (Å²) in [5, 5.41) is 5.65. The molecule has 0 aromatic heterocycles. The first-order valence-corrected chi connectivity index (χ1v) is 13.9. The Labute approximate surface area is 230 Å².